The normalized spacial score (nSPS) is 18.3. The minimum atomic E-state index is -1.04. The molecule has 0 saturated carbocycles. The number of carbonyl (C=O) groups excluding carboxylic acids is 2. The van der Waals surface area contributed by atoms with Crippen molar-refractivity contribution in [3.63, 3.8) is 0 Å². The van der Waals surface area contributed by atoms with Crippen molar-refractivity contribution in [1.82, 2.24) is 9.55 Å². The number of nitrogens with zero attached hydrogens (tertiary/aromatic N) is 1. The van der Waals surface area contributed by atoms with E-state index in [2.05, 4.69) is 4.98 Å². The molecule has 1 fully saturated rings. The largest absolute Gasteiger partial charge is 0.459 e. The van der Waals surface area contributed by atoms with Crippen molar-refractivity contribution in [3.8, 4) is 0 Å². The zero-order valence-electron chi connectivity index (χ0n) is 23.5. The van der Waals surface area contributed by atoms with Crippen molar-refractivity contribution >= 4 is 34.3 Å². The Morgan fingerprint density at radius 2 is 1.44 bits per heavy atom. The van der Waals surface area contributed by atoms with Crippen LogP contribution in [0.5, 0.6) is 0 Å². The maximum absolute atomic E-state index is 12.7. The number of hydrogen-bond donors (Lipinski definition) is 1. The molecule has 9 nitrogen and oxygen atoms in total. The number of H-pyrrole nitrogens is 1. The minimum absolute atomic E-state index is 0.00493. The molecule has 1 N–H and O–H groups in total. The molecule has 1 aliphatic heterocycles. The highest BCUT2D eigenvalue weighted by atomic mass is 127. The third-order valence-corrected chi connectivity index (χ3v) is 8.15. The highest BCUT2D eigenvalue weighted by Crippen LogP contribution is 2.42. The van der Waals surface area contributed by atoms with Gasteiger partial charge in [-0.2, -0.15) is 0 Å². The highest BCUT2D eigenvalue weighted by molar-refractivity contribution is 14.1. The molecule has 1 aliphatic rings. The summed E-state index contributed by atoms with van der Waals surface area (Å²) in [7, 11) is 0. The van der Waals surface area contributed by atoms with E-state index in [-0.39, 0.29) is 31.7 Å². The summed E-state index contributed by atoms with van der Waals surface area (Å²) in [5, 5.41) is 0. The molecule has 1 saturated heterocycles. The predicted octanol–water partition coefficient (Wildman–Crippen LogP) is 4.72. The Morgan fingerprint density at radius 3 is 1.95 bits per heavy atom. The van der Waals surface area contributed by atoms with Gasteiger partial charge in [-0.05, 0) is 46.2 Å². The quantitative estimate of drug-likeness (QED) is 0.137. The molecule has 4 aromatic rings. The standard InChI is InChI=1S/C33H31IN2O7/c1-22(37)17-18-30(38)43-27-19-29(36-20-26(34)31(39)35-32(36)40)42-28(27)21-41-33(23-11-5-2-6-12-23,24-13-7-3-8-14-24)25-15-9-4-10-16-25/h2-16,20,27-29H,17-19,21H2,1H3,(H,35,39,40)/t27-,28+,29+/m0/s1. The lowest BCUT2D eigenvalue weighted by atomic mass is 9.80. The van der Waals surface area contributed by atoms with E-state index in [1.807, 2.05) is 114 Å². The number of aromatic amines is 1. The van der Waals surface area contributed by atoms with Crippen LogP contribution in [0.2, 0.25) is 0 Å². The van der Waals surface area contributed by atoms with Gasteiger partial charge in [0.15, 0.2) is 0 Å². The summed E-state index contributed by atoms with van der Waals surface area (Å²) in [6, 6.07) is 29.5. The second kappa shape index (κ2) is 13.6. The number of nitrogens with one attached hydrogen (secondary N) is 1. The molecular weight excluding hydrogens is 663 g/mol. The number of esters is 1. The van der Waals surface area contributed by atoms with E-state index in [0.717, 1.165) is 16.7 Å². The number of hydrogen-bond acceptors (Lipinski definition) is 7. The number of Topliss-reactive ketones (excluding diaryl/α,β-unsaturated/α-hetero) is 1. The molecule has 5 rings (SSSR count). The van der Waals surface area contributed by atoms with Crippen molar-refractivity contribution in [2.45, 2.75) is 50.2 Å². The van der Waals surface area contributed by atoms with Gasteiger partial charge in [0.1, 0.15) is 29.8 Å². The molecule has 3 aromatic carbocycles. The van der Waals surface area contributed by atoms with Gasteiger partial charge in [0.05, 0.1) is 16.6 Å². The average molecular weight is 695 g/mol. The summed E-state index contributed by atoms with van der Waals surface area (Å²) in [5.41, 5.74) is 0.504. The molecule has 1 aromatic heterocycles. The van der Waals surface area contributed by atoms with E-state index in [1.165, 1.54) is 17.7 Å². The van der Waals surface area contributed by atoms with Crippen LogP contribution in [0.15, 0.2) is 107 Å². The van der Waals surface area contributed by atoms with Gasteiger partial charge >= 0.3 is 11.7 Å². The van der Waals surface area contributed by atoms with Gasteiger partial charge in [0.2, 0.25) is 0 Å². The lowest BCUT2D eigenvalue weighted by Crippen LogP contribution is -2.39. The van der Waals surface area contributed by atoms with Crippen molar-refractivity contribution in [2.75, 3.05) is 6.61 Å². The fraction of sp³-hybridized carbons (Fsp3) is 0.273. The van der Waals surface area contributed by atoms with Crippen molar-refractivity contribution in [3.05, 3.63) is 138 Å². The van der Waals surface area contributed by atoms with Gasteiger partial charge in [0, 0.05) is 19.0 Å². The van der Waals surface area contributed by atoms with E-state index in [4.69, 9.17) is 14.2 Å². The van der Waals surface area contributed by atoms with Gasteiger partial charge in [-0.25, -0.2) is 4.79 Å². The molecule has 0 spiro atoms. The molecule has 0 bridgehead atoms. The number of aromatic nitrogens is 2. The highest BCUT2D eigenvalue weighted by Gasteiger charge is 2.43. The van der Waals surface area contributed by atoms with Crippen molar-refractivity contribution in [1.29, 1.82) is 0 Å². The van der Waals surface area contributed by atoms with Crippen molar-refractivity contribution < 1.29 is 23.8 Å². The first kappa shape index (κ1) is 30.6. The molecule has 0 amide bonds. The van der Waals surface area contributed by atoms with E-state index in [1.54, 1.807) is 0 Å². The van der Waals surface area contributed by atoms with Crippen LogP contribution in [0, 0.1) is 3.57 Å². The van der Waals surface area contributed by atoms with Crippen LogP contribution in [0.1, 0.15) is 49.1 Å². The monoisotopic (exact) mass is 694 g/mol. The van der Waals surface area contributed by atoms with E-state index >= 15 is 0 Å². The number of ether oxygens (including phenoxy) is 3. The van der Waals surface area contributed by atoms with Crippen LogP contribution in [-0.2, 0) is 29.4 Å². The third kappa shape index (κ3) is 6.87. The maximum Gasteiger partial charge on any atom is 0.330 e. The Morgan fingerprint density at radius 1 is 0.907 bits per heavy atom. The average Bonchev–Trinajstić information content (AvgIpc) is 3.41. The summed E-state index contributed by atoms with van der Waals surface area (Å²) < 4.78 is 20.7. The number of benzene rings is 3. The van der Waals surface area contributed by atoms with Crippen LogP contribution in [0.4, 0.5) is 0 Å². The van der Waals surface area contributed by atoms with Gasteiger partial charge in [0.25, 0.3) is 5.56 Å². The molecular formula is C33H31IN2O7. The zero-order valence-corrected chi connectivity index (χ0v) is 25.6. The third-order valence-electron chi connectivity index (χ3n) is 7.38. The first-order chi connectivity index (χ1) is 20.8. The van der Waals surface area contributed by atoms with Gasteiger partial charge in [-0.15, -0.1) is 0 Å². The van der Waals surface area contributed by atoms with E-state index in [9.17, 15) is 19.2 Å². The van der Waals surface area contributed by atoms with Gasteiger partial charge in [-0.3, -0.25) is 19.1 Å². The molecule has 43 heavy (non-hydrogen) atoms. The number of halogens is 1. The second-order valence-corrected chi connectivity index (χ2v) is 11.5. The van der Waals surface area contributed by atoms with Gasteiger partial charge in [-0.1, -0.05) is 91.0 Å². The fourth-order valence-corrected chi connectivity index (χ4v) is 5.74. The lowest BCUT2D eigenvalue weighted by molar-refractivity contribution is -0.156. The number of rotatable bonds is 11. The molecule has 3 atom stereocenters. The summed E-state index contributed by atoms with van der Waals surface area (Å²) in [4.78, 5) is 51.2. The Hall–Kier alpha value is -3.87. The second-order valence-electron chi connectivity index (χ2n) is 10.3. The Kier molecular flexibility index (Phi) is 9.69. The van der Waals surface area contributed by atoms with Crippen molar-refractivity contribution in [2.24, 2.45) is 0 Å². The number of carbonyl (C=O) groups is 2. The van der Waals surface area contributed by atoms with Crippen LogP contribution in [0.25, 0.3) is 0 Å². The van der Waals surface area contributed by atoms with E-state index < -0.39 is 41.3 Å². The summed E-state index contributed by atoms with van der Waals surface area (Å²) >= 11 is 1.85. The predicted molar refractivity (Wildman–Crippen MR) is 168 cm³/mol. The van der Waals surface area contributed by atoms with Gasteiger partial charge < -0.3 is 19.0 Å². The van der Waals surface area contributed by atoms with Crippen LogP contribution in [-0.4, -0.2) is 40.1 Å². The summed E-state index contributed by atoms with van der Waals surface area (Å²) in [6.07, 6.45) is -0.796. The zero-order chi connectivity index (χ0) is 30.4. The van der Waals surface area contributed by atoms with Crippen LogP contribution >= 0.6 is 22.6 Å². The smallest absolute Gasteiger partial charge is 0.330 e. The molecule has 0 unspecified atom stereocenters. The molecule has 10 heteroatoms. The van der Waals surface area contributed by atoms with Crippen LogP contribution < -0.4 is 11.2 Å². The maximum atomic E-state index is 12.7. The first-order valence-corrected chi connectivity index (χ1v) is 15.0. The number of ketones is 1. The topological polar surface area (TPSA) is 117 Å². The molecule has 2 heterocycles. The lowest BCUT2D eigenvalue weighted by Gasteiger charge is -2.37. The fourth-order valence-electron chi connectivity index (χ4n) is 5.30. The minimum Gasteiger partial charge on any atom is -0.459 e. The molecule has 0 aliphatic carbocycles. The first-order valence-electron chi connectivity index (χ1n) is 13.9. The Balaban J connectivity index is 1.52. The van der Waals surface area contributed by atoms with E-state index in [0.29, 0.717) is 3.57 Å². The molecule has 222 valence electrons. The Bertz CT molecular complexity index is 1580. The molecule has 0 radical (unpaired) electrons. The summed E-state index contributed by atoms with van der Waals surface area (Å²) in [6.45, 7) is 1.41. The summed E-state index contributed by atoms with van der Waals surface area (Å²) in [5.74, 6) is -0.664. The van der Waals surface area contributed by atoms with Crippen LogP contribution in [0.3, 0.4) is 0 Å². The Labute approximate surface area is 262 Å². The SMILES string of the molecule is CC(=O)CCC(=O)O[C@H]1C[C@H](n2cc(I)c(=O)[nH]c2=O)O[C@@H]1COC(c1ccccc1)(c1ccccc1)c1ccccc1.